The topological polar surface area (TPSA) is 17.8 Å². The van der Waals surface area contributed by atoms with Gasteiger partial charge in [0.2, 0.25) is 0 Å². The summed E-state index contributed by atoms with van der Waals surface area (Å²) in [6.45, 7) is 7.41. The van der Waals surface area contributed by atoms with Crippen LogP contribution in [0.2, 0.25) is 0 Å². The zero-order valence-corrected chi connectivity index (χ0v) is 8.04. The minimum Gasteiger partial charge on any atom is -0.332 e. The molecule has 66 valence electrons. The third kappa shape index (κ3) is 1.97. The number of hydrogen-bond acceptors (Lipinski definition) is 1. The molecule has 12 heavy (non-hydrogen) atoms. The Morgan fingerprint density at radius 1 is 1.58 bits per heavy atom. The fraction of sp³-hybridized carbons (Fsp3) is 0.500. The number of aromatic nitrogens is 2. The lowest BCUT2D eigenvalue weighted by Gasteiger charge is -2.00. The highest BCUT2D eigenvalue weighted by Crippen LogP contribution is 2.06. The van der Waals surface area contributed by atoms with Crippen molar-refractivity contribution in [2.75, 3.05) is 0 Å². The molecule has 0 unspecified atom stereocenters. The van der Waals surface area contributed by atoms with E-state index in [1.807, 2.05) is 12.4 Å². The Hall–Kier alpha value is -1.05. The molecule has 0 aliphatic carbocycles. The van der Waals surface area contributed by atoms with E-state index >= 15 is 0 Å². The predicted molar refractivity (Wildman–Crippen MR) is 51.8 cm³/mol. The van der Waals surface area contributed by atoms with Gasteiger partial charge in [-0.2, -0.15) is 0 Å². The molecule has 0 aliphatic heterocycles. The second-order valence-corrected chi connectivity index (χ2v) is 2.92. The average Bonchev–Trinajstić information content (AvgIpc) is 2.51. The molecule has 2 nitrogen and oxygen atoms in total. The van der Waals surface area contributed by atoms with E-state index in [1.165, 1.54) is 5.57 Å². The van der Waals surface area contributed by atoms with Crippen molar-refractivity contribution in [3.05, 3.63) is 23.8 Å². The molecule has 0 spiro atoms. The van der Waals surface area contributed by atoms with Gasteiger partial charge in [0.05, 0.1) is 0 Å². The Bertz CT molecular complexity index is 271. The normalized spacial score (nSPS) is 12.1. The molecule has 0 fully saturated rings. The number of imidazole rings is 1. The molecule has 1 heterocycles. The van der Waals surface area contributed by atoms with Gasteiger partial charge in [-0.25, -0.2) is 4.98 Å². The lowest BCUT2D eigenvalue weighted by atomic mass is 10.2. The summed E-state index contributed by atoms with van der Waals surface area (Å²) in [6, 6.07) is 0. The fourth-order valence-corrected chi connectivity index (χ4v) is 1.05. The van der Waals surface area contributed by atoms with E-state index in [-0.39, 0.29) is 0 Å². The molecule has 1 aromatic heterocycles. The van der Waals surface area contributed by atoms with Crippen molar-refractivity contribution in [2.24, 2.45) is 0 Å². The van der Waals surface area contributed by atoms with Gasteiger partial charge in [-0.05, 0) is 26.3 Å². The van der Waals surface area contributed by atoms with E-state index in [2.05, 4.69) is 36.4 Å². The van der Waals surface area contributed by atoms with Crippen LogP contribution < -0.4 is 0 Å². The van der Waals surface area contributed by atoms with Gasteiger partial charge in [0.15, 0.2) is 0 Å². The summed E-state index contributed by atoms with van der Waals surface area (Å²) >= 11 is 0. The third-order valence-electron chi connectivity index (χ3n) is 2.02. The van der Waals surface area contributed by atoms with Crippen LogP contribution >= 0.6 is 0 Å². The summed E-state index contributed by atoms with van der Waals surface area (Å²) in [7, 11) is 0. The number of rotatable bonds is 3. The first-order valence-corrected chi connectivity index (χ1v) is 4.46. The number of aryl methyl sites for hydroxylation is 1. The van der Waals surface area contributed by atoms with Gasteiger partial charge >= 0.3 is 0 Å². The lowest BCUT2D eigenvalue weighted by molar-refractivity contribution is 0.751. The third-order valence-corrected chi connectivity index (χ3v) is 2.02. The molecule has 1 rings (SSSR count). The lowest BCUT2D eigenvalue weighted by Crippen LogP contribution is -1.95. The van der Waals surface area contributed by atoms with Crippen LogP contribution in [0.5, 0.6) is 0 Å². The molecule has 0 radical (unpaired) electrons. The first-order valence-electron chi connectivity index (χ1n) is 4.46. The second kappa shape index (κ2) is 4.10. The maximum atomic E-state index is 4.26. The fourth-order valence-electron chi connectivity index (χ4n) is 1.05. The molecular weight excluding hydrogens is 148 g/mol. The molecule has 0 bridgehead atoms. The standard InChI is InChI=1S/C10H16N2/c1-4-9(3)8-10-11-6-7-12(10)5-2/h6-8H,4-5H2,1-3H3/b9-8+. The van der Waals surface area contributed by atoms with Crippen LogP contribution in [-0.4, -0.2) is 9.55 Å². The van der Waals surface area contributed by atoms with Crippen LogP contribution in [0.3, 0.4) is 0 Å². The summed E-state index contributed by atoms with van der Waals surface area (Å²) in [4.78, 5) is 4.26. The van der Waals surface area contributed by atoms with Crippen molar-refractivity contribution in [2.45, 2.75) is 33.7 Å². The molecular formula is C10H16N2. The number of nitrogens with zero attached hydrogens (tertiary/aromatic N) is 2. The summed E-state index contributed by atoms with van der Waals surface area (Å²) < 4.78 is 2.14. The largest absolute Gasteiger partial charge is 0.332 e. The van der Waals surface area contributed by atoms with Crippen molar-refractivity contribution < 1.29 is 0 Å². The zero-order valence-electron chi connectivity index (χ0n) is 8.04. The molecule has 0 saturated heterocycles. The maximum Gasteiger partial charge on any atom is 0.132 e. The van der Waals surface area contributed by atoms with Crippen molar-refractivity contribution >= 4 is 6.08 Å². The average molecular weight is 164 g/mol. The quantitative estimate of drug-likeness (QED) is 0.671. The molecule has 0 amide bonds. The van der Waals surface area contributed by atoms with Gasteiger partial charge in [0.1, 0.15) is 5.82 Å². The molecule has 0 saturated carbocycles. The minimum atomic E-state index is 0.989. The molecule has 2 heteroatoms. The van der Waals surface area contributed by atoms with Gasteiger partial charge in [-0.15, -0.1) is 0 Å². The summed E-state index contributed by atoms with van der Waals surface area (Å²) in [5.41, 5.74) is 1.37. The van der Waals surface area contributed by atoms with Crippen molar-refractivity contribution in [1.29, 1.82) is 0 Å². The van der Waals surface area contributed by atoms with E-state index in [0.717, 1.165) is 18.8 Å². The van der Waals surface area contributed by atoms with Crippen LogP contribution in [-0.2, 0) is 6.54 Å². The Morgan fingerprint density at radius 3 is 2.92 bits per heavy atom. The zero-order chi connectivity index (χ0) is 8.97. The van der Waals surface area contributed by atoms with Crippen LogP contribution in [0, 0.1) is 0 Å². The minimum absolute atomic E-state index is 0.989. The molecule has 0 aromatic carbocycles. The van der Waals surface area contributed by atoms with Crippen molar-refractivity contribution in [3.8, 4) is 0 Å². The van der Waals surface area contributed by atoms with Gasteiger partial charge < -0.3 is 4.57 Å². The SMILES string of the molecule is CC/C(C)=C/c1nccn1CC. The van der Waals surface area contributed by atoms with E-state index < -0.39 is 0 Å². The Kier molecular flexibility index (Phi) is 3.09. The van der Waals surface area contributed by atoms with Crippen LogP contribution in [0.1, 0.15) is 33.0 Å². The summed E-state index contributed by atoms with van der Waals surface area (Å²) in [5, 5.41) is 0. The van der Waals surface area contributed by atoms with Crippen LogP contribution in [0.4, 0.5) is 0 Å². The van der Waals surface area contributed by atoms with Gasteiger partial charge in [0.25, 0.3) is 0 Å². The Labute approximate surface area is 73.9 Å². The van der Waals surface area contributed by atoms with E-state index in [4.69, 9.17) is 0 Å². The Balaban J connectivity index is 2.87. The van der Waals surface area contributed by atoms with Crippen molar-refractivity contribution in [1.82, 2.24) is 9.55 Å². The summed E-state index contributed by atoms with van der Waals surface area (Å²) in [6.07, 6.45) is 7.09. The highest BCUT2D eigenvalue weighted by Gasteiger charge is 1.96. The van der Waals surface area contributed by atoms with E-state index in [9.17, 15) is 0 Å². The van der Waals surface area contributed by atoms with Crippen molar-refractivity contribution in [3.63, 3.8) is 0 Å². The van der Waals surface area contributed by atoms with Crippen LogP contribution in [0.25, 0.3) is 6.08 Å². The molecule has 0 atom stereocenters. The first-order chi connectivity index (χ1) is 5.77. The van der Waals surface area contributed by atoms with E-state index in [1.54, 1.807) is 0 Å². The highest BCUT2D eigenvalue weighted by atomic mass is 15.0. The number of hydrogen-bond donors (Lipinski definition) is 0. The monoisotopic (exact) mass is 164 g/mol. The highest BCUT2D eigenvalue weighted by molar-refractivity contribution is 5.44. The predicted octanol–water partition coefficient (Wildman–Crippen LogP) is 2.72. The maximum absolute atomic E-state index is 4.26. The smallest absolute Gasteiger partial charge is 0.132 e. The number of allylic oxidation sites excluding steroid dienone is 1. The molecule has 1 aromatic rings. The van der Waals surface area contributed by atoms with Crippen LogP contribution in [0.15, 0.2) is 18.0 Å². The summed E-state index contributed by atoms with van der Waals surface area (Å²) in [5.74, 6) is 1.07. The van der Waals surface area contributed by atoms with Gasteiger partial charge in [-0.1, -0.05) is 12.5 Å². The van der Waals surface area contributed by atoms with Gasteiger partial charge in [-0.3, -0.25) is 0 Å². The molecule has 0 aliphatic rings. The van der Waals surface area contributed by atoms with Gasteiger partial charge in [0, 0.05) is 18.9 Å². The second-order valence-electron chi connectivity index (χ2n) is 2.92. The molecule has 0 N–H and O–H groups in total. The first kappa shape index (κ1) is 9.04. The van der Waals surface area contributed by atoms with E-state index in [0.29, 0.717) is 0 Å². The Morgan fingerprint density at radius 2 is 2.33 bits per heavy atom.